The largest absolute Gasteiger partial charge is 0.481 e. The molecule has 2 amide bonds. The van der Waals surface area contributed by atoms with Gasteiger partial charge in [-0.3, -0.25) is 14.6 Å². The standard InChI is InChI=1S/C31H39BN4O5/c1-30(2)31(3,4)41-32(40-30)27(17-11-16-23-12-7-5-8-13-23)36-29(38)26(22-39-21-24-14-9-6-10-15-24)35-28(37)25-20-33-18-19-34-25/h5-10,12-15,18-20,26-27H,11,16-17,21-22H2,1-4H3,(H,35,37)(H,36,38)/t26-,27+/m1/s1. The summed E-state index contributed by atoms with van der Waals surface area (Å²) in [5.41, 5.74) is 1.17. The fraction of sp³-hybridized carbons (Fsp3) is 0.419. The van der Waals surface area contributed by atoms with Crippen molar-refractivity contribution in [2.45, 2.75) is 76.7 Å². The summed E-state index contributed by atoms with van der Waals surface area (Å²) in [6.45, 7) is 8.19. The van der Waals surface area contributed by atoms with E-state index < -0.39 is 42.1 Å². The number of nitrogens with one attached hydrogen (secondary N) is 2. The molecule has 0 spiro atoms. The molecule has 1 fully saturated rings. The van der Waals surface area contributed by atoms with Gasteiger partial charge >= 0.3 is 7.12 Å². The second-order valence-corrected chi connectivity index (χ2v) is 11.2. The third kappa shape index (κ3) is 8.45. The van der Waals surface area contributed by atoms with Crippen LogP contribution in [-0.2, 0) is 31.9 Å². The van der Waals surface area contributed by atoms with Crippen molar-refractivity contribution in [3.05, 3.63) is 96.1 Å². The number of nitrogens with zero attached hydrogens (tertiary/aromatic N) is 2. The van der Waals surface area contributed by atoms with Crippen LogP contribution in [0.2, 0.25) is 0 Å². The highest BCUT2D eigenvalue weighted by molar-refractivity contribution is 6.48. The van der Waals surface area contributed by atoms with Gasteiger partial charge in [0.25, 0.3) is 5.91 Å². The van der Waals surface area contributed by atoms with Crippen LogP contribution in [0.3, 0.4) is 0 Å². The lowest BCUT2D eigenvalue weighted by atomic mass is 9.75. The fourth-order valence-corrected chi connectivity index (χ4v) is 4.48. The molecule has 10 heteroatoms. The number of amides is 2. The van der Waals surface area contributed by atoms with E-state index in [0.717, 1.165) is 18.4 Å². The maximum absolute atomic E-state index is 13.7. The summed E-state index contributed by atoms with van der Waals surface area (Å²) in [4.78, 5) is 34.7. The number of benzene rings is 2. The zero-order valence-electron chi connectivity index (χ0n) is 24.2. The zero-order valence-corrected chi connectivity index (χ0v) is 24.2. The maximum Gasteiger partial charge on any atom is 0.481 e. The Morgan fingerprint density at radius 2 is 1.54 bits per heavy atom. The SMILES string of the molecule is CC1(C)OB([C@H](CCCc2ccccc2)NC(=O)[C@@H](COCc2ccccc2)NC(=O)c2cnccn2)OC1(C)C. The van der Waals surface area contributed by atoms with Crippen LogP contribution in [0.5, 0.6) is 0 Å². The molecule has 0 saturated carbocycles. The Morgan fingerprint density at radius 3 is 2.15 bits per heavy atom. The molecule has 1 aromatic heterocycles. The first kappa shape index (κ1) is 30.4. The van der Waals surface area contributed by atoms with E-state index in [2.05, 4.69) is 32.7 Å². The highest BCUT2D eigenvalue weighted by atomic mass is 16.7. The Kier molecular flexibility index (Phi) is 10.3. The predicted molar refractivity (Wildman–Crippen MR) is 157 cm³/mol. The van der Waals surface area contributed by atoms with E-state index >= 15 is 0 Å². The molecule has 216 valence electrons. The maximum atomic E-state index is 13.7. The molecule has 0 bridgehead atoms. The van der Waals surface area contributed by atoms with Gasteiger partial charge in [-0.2, -0.15) is 0 Å². The van der Waals surface area contributed by atoms with Crippen molar-refractivity contribution in [2.24, 2.45) is 0 Å². The molecule has 2 aromatic carbocycles. The molecule has 2 atom stereocenters. The number of rotatable bonds is 13. The molecule has 4 rings (SSSR count). The molecular weight excluding hydrogens is 519 g/mol. The third-order valence-corrected chi connectivity index (χ3v) is 7.56. The van der Waals surface area contributed by atoms with Crippen molar-refractivity contribution in [1.82, 2.24) is 20.6 Å². The first-order chi connectivity index (χ1) is 19.6. The molecule has 0 radical (unpaired) electrons. The summed E-state index contributed by atoms with van der Waals surface area (Å²) in [7, 11) is -0.652. The number of carbonyl (C=O) groups excluding carboxylic acids is 2. The van der Waals surface area contributed by atoms with Crippen molar-refractivity contribution in [2.75, 3.05) is 6.61 Å². The minimum Gasteiger partial charge on any atom is -0.402 e. The van der Waals surface area contributed by atoms with Gasteiger partial charge in [0.05, 0.1) is 36.6 Å². The normalized spacial score (nSPS) is 17.0. The lowest BCUT2D eigenvalue weighted by molar-refractivity contribution is -0.125. The van der Waals surface area contributed by atoms with Gasteiger partial charge in [-0.15, -0.1) is 0 Å². The monoisotopic (exact) mass is 558 g/mol. The molecule has 3 aromatic rings. The van der Waals surface area contributed by atoms with Crippen molar-refractivity contribution in [3.8, 4) is 0 Å². The number of hydrogen-bond acceptors (Lipinski definition) is 7. The molecule has 2 N–H and O–H groups in total. The topological polar surface area (TPSA) is 112 Å². The summed E-state index contributed by atoms with van der Waals surface area (Å²) >= 11 is 0. The van der Waals surface area contributed by atoms with Gasteiger partial charge in [-0.25, -0.2) is 4.98 Å². The van der Waals surface area contributed by atoms with Gasteiger partial charge in [0.2, 0.25) is 5.91 Å². The van der Waals surface area contributed by atoms with Crippen LogP contribution in [0.15, 0.2) is 79.3 Å². The molecule has 0 aliphatic carbocycles. The van der Waals surface area contributed by atoms with E-state index in [9.17, 15) is 9.59 Å². The second kappa shape index (κ2) is 13.8. The number of aryl methyl sites for hydroxylation is 1. The van der Waals surface area contributed by atoms with Crippen LogP contribution in [0.1, 0.15) is 62.2 Å². The summed E-state index contributed by atoms with van der Waals surface area (Å²) in [6.07, 6.45) is 6.53. The van der Waals surface area contributed by atoms with Gasteiger partial charge < -0.3 is 24.7 Å². The zero-order chi connectivity index (χ0) is 29.3. The first-order valence-corrected chi connectivity index (χ1v) is 14.0. The molecule has 41 heavy (non-hydrogen) atoms. The van der Waals surface area contributed by atoms with Crippen LogP contribution in [0.25, 0.3) is 0 Å². The number of aromatic nitrogens is 2. The van der Waals surface area contributed by atoms with Crippen LogP contribution in [-0.4, -0.2) is 58.7 Å². The summed E-state index contributed by atoms with van der Waals surface area (Å²) in [5.74, 6) is -1.36. The number of ether oxygens (including phenoxy) is 1. The average Bonchev–Trinajstić information content (AvgIpc) is 3.19. The van der Waals surface area contributed by atoms with Gasteiger partial charge in [0.1, 0.15) is 11.7 Å². The second-order valence-electron chi connectivity index (χ2n) is 11.2. The lowest BCUT2D eigenvalue weighted by Crippen LogP contribution is -2.56. The summed E-state index contributed by atoms with van der Waals surface area (Å²) < 4.78 is 18.5. The molecule has 0 unspecified atom stereocenters. The molecular formula is C31H39BN4O5. The summed E-state index contributed by atoms with van der Waals surface area (Å²) in [6, 6.07) is 18.9. The van der Waals surface area contributed by atoms with Gasteiger partial charge in [-0.1, -0.05) is 60.7 Å². The van der Waals surface area contributed by atoms with E-state index in [1.165, 1.54) is 24.2 Å². The molecule has 2 heterocycles. The Morgan fingerprint density at radius 1 is 0.902 bits per heavy atom. The smallest absolute Gasteiger partial charge is 0.402 e. The minimum absolute atomic E-state index is 0.0349. The van der Waals surface area contributed by atoms with E-state index in [1.807, 2.05) is 76.2 Å². The van der Waals surface area contributed by atoms with Crippen molar-refractivity contribution < 1.29 is 23.6 Å². The Labute approximate surface area is 242 Å². The highest BCUT2D eigenvalue weighted by Gasteiger charge is 2.54. The van der Waals surface area contributed by atoms with Crippen LogP contribution >= 0.6 is 0 Å². The summed E-state index contributed by atoms with van der Waals surface area (Å²) in [5, 5.41) is 5.88. The Hall–Kier alpha value is -3.60. The Balaban J connectivity index is 1.48. The van der Waals surface area contributed by atoms with E-state index in [-0.39, 0.29) is 12.3 Å². The molecule has 1 aliphatic heterocycles. The third-order valence-electron chi connectivity index (χ3n) is 7.56. The van der Waals surface area contributed by atoms with Crippen molar-refractivity contribution >= 4 is 18.9 Å². The van der Waals surface area contributed by atoms with E-state index in [1.54, 1.807) is 0 Å². The van der Waals surface area contributed by atoms with Crippen LogP contribution in [0, 0.1) is 0 Å². The van der Waals surface area contributed by atoms with Gasteiger partial charge in [0.15, 0.2) is 0 Å². The number of carbonyl (C=O) groups is 2. The molecule has 1 aliphatic rings. The predicted octanol–water partition coefficient (Wildman–Crippen LogP) is 3.93. The Bertz CT molecular complexity index is 1250. The average molecular weight is 558 g/mol. The van der Waals surface area contributed by atoms with Gasteiger partial charge in [0, 0.05) is 12.4 Å². The number of hydrogen-bond donors (Lipinski definition) is 2. The van der Waals surface area contributed by atoms with Crippen molar-refractivity contribution in [1.29, 1.82) is 0 Å². The van der Waals surface area contributed by atoms with E-state index in [4.69, 9.17) is 14.0 Å². The fourth-order valence-electron chi connectivity index (χ4n) is 4.48. The highest BCUT2D eigenvalue weighted by Crippen LogP contribution is 2.38. The quantitative estimate of drug-likeness (QED) is 0.306. The van der Waals surface area contributed by atoms with Crippen molar-refractivity contribution in [3.63, 3.8) is 0 Å². The van der Waals surface area contributed by atoms with Crippen LogP contribution < -0.4 is 10.6 Å². The molecule has 1 saturated heterocycles. The lowest BCUT2D eigenvalue weighted by Gasteiger charge is -2.32. The molecule has 9 nitrogen and oxygen atoms in total. The minimum atomic E-state index is -0.979. The van der Waals surface area contributed by atoms with Crippen LogP contribution in [0.4, 0.5) is 0 Å². The van der Waals surface area contributed by atoms with Gasteiger partial charge in [-0.05, 0) is 58.1 Å². The van der Waals surface area contributed by atoms with E-state index in [0.29, 0.717) is 13.0 Å². The first-order valence-electron chi connectivity index (χ1n) is 14.0.